The van der Waals surface area contributed by atoms with Gasteiger partial charge in [0.05, 0.1) is 47.1 Å². The van der Waals surface area contributed by atoms with Crippen molar-refractivity contribution in [3.8, 4) is 0 Å². The molecule has 1 aromatic rings. The first-order valence-electron chi connectivity index (χ1n) is 24.5. The van der Waals surface area contributed by atoms with Gasteiger partial charge in [0.15, 0.2) is 12.4 Å². The van der Waals surface area contributed by atoms with E-state index in [1.165, 1.54) is 28.0 Å². The third-order valence-corrected chi connectivity index (χ3v) is 16.8. The van der Waals surface area contributed by atoms with Crippen LogP contribution < -0.4 is 14.9 Å². The average Bonchev–Trinajstić information content (AvgIpc) is 3.27. The zero-order valence-corrected chi connectivity index (χ0v) is 44.3. The summed E-state index contributed by atoms with van der Waals surface area (Å²) >= 11 is 0. The van der Waals surface area contributed by atoms with Crippen LogP contribution in [0.15, 0.2) is 24.3 Å². The lowest BCUT2D eigenvalue weighted by Gasteiger charge is -2.55. The maximum atomic E-state index is 14.5. The number of halogens is 3. The number of hydrogen-bond acceptors (Lipinski definition) is 16. The predicted octanol–water partition coefficient (Wildman–Crippen LogP) is 4.05. The van der Waals surface area contributed by atoms with Crippen molar-refractivity contribution in [1.29, 1.82) is 0 Å². The zero-order chi connectivity index (χ0) is 53.2. The minimum Gasteiger partial charge on any atom is -0.459 e. The Hall–Kier alpha value is -2.29. The number of aliphatic hydroxyl groups excluding tert-OH is 2. The number of hydrogen-bond donors (Lipinski definition) is 7. The Labute approximate surface area is 413 Å². The van der Waals surface area contributed by atoms with E-state index < -0.39 is 123 Å². The molecule has 0 radical (unpaired) electrons. The Morgan fingerprint density at radius 3 is 2.10 bits per heavy atom. The second kappa shape index (κ2) is 23.1. The van der Waals surface area contributed by atoms with Crippen molar-refractivity contribution in [3.63, 3.8) is 0 Å². The molecule has 3 aliphatic rings. The van der Waals surface area contributed by atoms with Crippen LogP contribution in [-0.2, 0) is 49.6 Å². The molecule has 1 aromatic carbocycles. The minimum atomic E-state index is -4.68. The molecule has 0 spiro atoms. The van der Waals surface area contributed by atoms with Crippen LogP contribution in [-0.4, -0.2) is 168 Å². The van der Waals surface area contributed by atoms with Gasteiger partial charge in [-0.15, -0.1) is 0 Å². The van der Waals surface area contributed by atoms with Crippen molar-refractivity contribution in [2.45, 2.75) is 204 Å². The highest BCUT2D eigenvalue weighted by Gasteiger charge is 2.62. The largest absolute Gasteiger partial charge is 0.459 e. The van der Waals surface area contributed by atoms with Crippen molar-refractivity contribution in [2.75, 3.05) is 45.1 Å². The fourth-order valence-corrected chi connectivity index (χ4v) is 11.8. The number of benzene rings is 1. The third-order valence-electron chi connectivity index (χ3n) is 14.9. The quantitative estimate of drug-likeness (QED) is 0.0791. The molecule has 18 nitrogen and oxygen atoms in total. The topological polar surface area (TPSA) is 238 Å². The number of alkyl halides is 3. The summed E-state index contributed by atoms with van der Waals surface area (Å²) in [7, 11) is -0.925. The summed E-state index contributed by atoms with van der Waals surface area (Å²) < 4.78 is 110. The molecule has 406 valence electrons. The molecule has 0 amide bonds. The summed E-state index contributed by atoms with van der Waals surface area (Å²) in [6.45, 7) is 19.3. The van der Waals surface area contributed by atoms with Gasteiger partial charge in [-0.3, -0.25) is 13.8 Å². The molecule has 3 fully saturated rings. The van der Waals surface area contributed by atoms with Crippen LogP contribution in [0.25, 0.3) is 0 Å². The Morgan fingerprint density at radius 2 is 1.54 bits per heavy atom. The molecule has 4 rings (SSSR count). The van der Waals surface area contributed by atoms with Gasteiger partial charge in [0.25, 0.3) is 0 Å². The van der Waals surface area contributed by atoms with E-state index in [2.05, 4.69) is 10.6 Å². The van der Waals surface area contributed by atoms with E-state index >= 15 is 0 Å². The molecule has 3 aliphatic heterocycles. The van der Waals surface area contributed by atoms with Crippen LogP contribution in [0.5, 0.6) is 0 Å². The average molecular weight is 1030 g/mol. The Kier molecular flexibility index (Phi) is 19.9. The Bertz CT molecular complexity index is 1970. The van der Waals surface area contributed by atoms with E-state index in [0.29, 0.717) is 13.1 Å². The fraction of sp³-hybridized carbons (Fsp3) is 0.854. The van der Waals surface area contributed by atoms with Crippen molar-refractivity contribution in [1.82, 2.24) is 14.9 Å². The first-order chi connectivity index (χ1) is 32.2. The smallest absolute Gasteiger partial charge is 0.416 e. The highest BCUT2D eigenvalue weighted by atomic mass is 32.2. The van der Waals surface area contributed by atoms with Crippen LogP contribution in [0.4, 0.5) is 18.9 Å². The summed E-state index contributed by atoms with van der Waals surface area (Å²) in [4.78, 5) is 14.5. The molecular formula is C48H83F3N4O14S. The molecule has 3 heterocycles. The number of cyclic esters (lactones) is 1. The van der Waals surface area contributed by atoms with Gasteiger partial charge >= 0.3 is 28.3 Å². The molecule has 70 heavy (non-hydrogen) atoms. The molecule has 0 saturated carbocycles. The number of nitrogens with zero attached hydrogens (tertiary/aromatic N) is 2. The molecule has 7 N–H and O–H groups in total. The van der Waals surface area contributed by atoms with Crippen LogP contribution in [0.3, 0.4) is 0 Å². The van der Waals surface area contributed by atoms with E-state index in [-0.39, 0.29) is 50.3 Å². The maximum absolute atomic E-state index is 14.5. The van der Waals surface area contributed by atoms with E-state index in [1.807, 2.05) is 13.8 Å². The molecule has 9 unspecified atom stereocenters. The number of likely N-dealkylation sites (N-methyl/N-ethyl adjacent to an activating group) is 1. The van der Waals surface area contributed by atoms with Crippen LogP contribution in [0.1, 0.15) is 120 Å². The van der Waals surface area contributed by atoms with Crippen LogP contribution in [0, 0.1) is 17.8 Å². The predicted molar refractivity (Wildman–Crippen MR) is 254 cm³/mol. The summed E-state index contributed by atoms with van der Waals surface area (Å²) in [5, 5.41) is 66.7. The maximum Gasteiger partial charge on any atom is 0.416 e. The minimum absolute atomic E-state index is 0.000586. The number of ether oxygens (including phenoxy) is 6. The SMILES string of the molecule is CCCNC[C@]1(O)[C@H](C)O[C@H](O[C@]2(OC3C(C)CC(C)(O)CC(C)CNC(C)C(O)C(C)(O)C(CC)OC(=O)C3C)O[C@H](C)C[C@H](N(C)S(=O)(=O)N(C)c3ccc(C(F)(F)F)cc3)[C@H]2O)C[C@@]1(C)OC. The molecule has 22 heteroatoms. The van der Waals surface area contributed by atoms with Gasteiger partial charge in [-0.25, -0.2) is 0 Å². The number of carbonyl (C=O) groups excluding carboxylic acids is 1. The monoisotopic (exact) mass is 1030 g/mol. The summed E-state index contributed by atoms with van der Waals surface area (Å²) in [5.41, 5.74) is -7.49. The van der Waals surface area contributed by atoms with Gasteiger partial charge in [0, 0.05) is 40.2 Å². The normalized spacial score (nSPS) is 41.1. The highest BCUT2D eigenvalue weighted by Crippen LogP contribution is 2.46. The number of methoxy groups -OCH3 is 1. The number of esters is 1. The van der Waals surface area contributed by atoms with Crippen molar-refractivity contribution >= 4 is 21.9 Å². The lowest BCUT2D eigenvalue weighted by molar-refractivity contribution is -0.493. The van der Waals surface area contributed by atoms with Crippen molar-refractivity contribution < 1.29 is 80.3 Å². The van der Waals surface area contributed by atoms with Gasteiger partial charge in [0.2, 0.25) is 0 Å². The zero-order valence-electron chi connectivity index (χ0n) is 43.4. The second-order valence-electron chi connectivity index (χ2n) is 20.9. The van der Waals surface area contributed by atoms with E-state index in [0.717, 1.165) is 46.3 Å². The molecule has 0 aliphatic carbocycles. The van der Waals surface area contributed by atoms with Crippen LogP contribution >= 0.6 is 0 Å². The van der Waals surface area contributed by atoms with Crippen molar-refractivity contribution in [2.24, 2.45) is 17.8 Å². The number of aliphatic hydroxyl groups is 5. The number of anilines is 1. The molecular weight excluding hydrogens is 946 g/mol. The number of rotatable bonds is 14. The second-order valence-corrected chi connectivity index (χ2v) is 23.0. The van der Waals surface area contributed by atoms with E-state index in [9.17, 15) is 51.9 Å². The molecule has 0 aromatic heterocycles. The fourth-order valence-electron chi connectivity index (χ4n) is 10.5. The van der Waals surface area contributed by atoms with Gasteiger partial charge in [-0.05, 0) is 130 Å². The molecule has 0 bridgehead atoms. The van der Waals surface area contributed by atoms with Crippen LogP contribution in [0.2, 0.25) is 0 Å². The first-order valence-corrected chi connectivity index (χ1v) is 25.9. The van der Waals surface area contributed by atoms with Gasteiger partial charge in [-0.2, -0.15) is 25.9 Å². The lowest BCUT2D eigenvalue weighted by atomic mass is 9.75. The number of carbonyl (C=O) groups is 1. The Balaban J connectivity index is 1.90. The first kappa shape index (κ1) is 60.3. The molecule has 3 saturated heterocycles. The van der Waals surface area contributed by atoms with Gasteiger partial charge in [-0.1, -0.05) is 27.7 Å². The van der Waals surface area contributed by atoms with Gasteiger partial charge < -0.3 is 59.9 Å². The third kappa shape index (κ3) is 13.1. The van der Waals surface area contributed by atoms with E-state index in [1.54, 1.807) is 48.5 Å². The van der Waals surface area contributed by atoms with Crippen molar-refractivity contribution in [3.05, 3.63) is 29.8 Å². The molecule has 17 atom stereocenters. The summed E-state index contributed by atoms with van der Waals surface area (Å²) in [5.74, 6) is -5.86. The Morgan fingerprint density at radius 1 is 0.929 bits per heavy atom. The summed E-state index contributed by atoms with van der Waals surface area (Å²) in [6.07, 6.45) is -13.5. The van der Waals surface area contributed by atoms with E-state index in [4.69, 9.17) is 28.4 Å². The summed E-state index contributed by atoms with van der Waals surface area (Å²) in [6, 6.07) is 1.41. The highest BCUT2D eigenvalue weighted by molar-refractivity contribution is 7.90. The number of nitrogens with one attached hydrogen (secondary N) is 2. The van der Waals surface area contributed by atoms with Gasteiger partial charge in [0.1, 0.15) is 29.0 Å². The standard InChI is InChI=1S/C48H83F3N4O14S/c1-15-21-52-27-46(61)33(8)65-38(25-44(46,10)64-14)68-48(41(57)36(22-30(5)67-48)55(13)70(62,63)54(12)35-19-17-34(18-20-35)47(49,50)51)69-39-29(4)24-43(9,59)23-28(3)26-53-32(7)40(56)45(11,60)37(16-2)66-42(58)31(39)6/h17-20,28-33,36-41,52-53,56-57,59-61H,15-16,21-27H2,1-14H3/t28?,29?,30-,31?,32?,33+,36+,37?,38-,39?,40?,41-,43?,44-,45?,46+,48-/m1/s1. The lowest BCUT2D eigenvalue weighted by Crippen LogP contribution is -2.72.